The monoisotopic (exact) mass is 279 g/mol. The minimum absolute atomic E-state index is 0.233. The molecule has 96 valence electrons. The molecule has 1 aromatic carbocycles. The van der Waals surface area contributed by atoms with Gasteiger partial charge < -0.3 is 5.73 Å². The highest BCUT2D eigenvalue weighted by molar-refractivity contribution is 6.30. The van der Waals surface area contributed by atoms with Crippen LogP contribution in [0, 0.1) is 11.6 Å². The fraction of sp³-hybridized carbons (Fsp3) is 0. The molecule has 0 saturated heterocycles. The Morgan fingerprint density at radius 1 is 1.11 bits per heavy atom. The third-order valence-corrected chi connectivity index (χ3v) is 2.97. The largest absolute Gasteiger partial charge is 0.383 e. The van der Waals surface area contributed by atoms with Crippen LogP contribution < -0.4 is 5.73 Å². The summed E-state index contributed by atoms with van der Waals surface area (Å²) in [6, 6.07) is 6.80. The lowest BCUT2D eigenvalue weighted by Gasteiger charge is -2.01. The van der Waals surface area contributed by atoms with Crippen molar-refractivity contribution in [3.8, 4) is 11.3 Å². The van der Waals surface area contributed by atoms with Gasteiger partial charge in [-0.25, -0.2) is 13.8 Å². The summed E-state index contributed by atoms with van der Waals surface area (Å²) in [4.78, 5) is 4.25. The van der Waals surface area contributed by atoms with Crippen molar-refractivity contribution in [1.29, 1.82) is 0 Å². The fourth-order valence-electron chi connectivity index (χ4n) is 1.94. The van der Waals surface area contributed by atoms with Gasteiger partial charge in [0.15, 0.2) is 0 Å². The van der Waals surface area contributed by atoms with Gasteiger partial charge in [0, 0.05) is 16.8 Å². The van der Waals surface area contributed by atoms with Gasteiger partial charge in [0.05, 0.1) is 0 Å². The Hall–Kier alpha value is -2.14. The van der Waals surface area contributed by atoms with E-state index >= 15 is 0 Å². The molecule has 0 bridgehead atoms. The lowest BCUT2D eigenvalue weighted by atomic mass is 10.1. The first-order valence-corrected chi connectivity index (χ1v) is 5.82. The summed E-state index contributed by atoms with van der Waals surface area (Å²) in [5.41, 5.74) is 7.21. The standard InChI is InChI=1S/C13H8ClF2N3/c14-8-3-7(4-10(16)5-8)12-13(17)19-6-9(15)1-2-11(19)18-12/h1-6H,17H2. The van der Waals surface area contributed by atoms with Crippen molar-refractivity contribution < 1.29 is 8.78 Å². The van der Waals surface area contributed by atoms with E-state index in [1.165, 1.54) is 34.9 Å². The number of nitrogens with zero attached hydrogens (tertiary/aromatic N) is 2. The Labute approximate surface area is 112 Å². The third-order valence-electron chi connectivity index (χ3n) is 2.76. The molecule has 0 spiro atoms. The lowest BCUT2D eigenvalue weighted by molar-refractivity contribution is 0.619. The van der Waals surface area contributed by atoms with Gasteiger partial charge in [-0.05, 0) is 30.3 Å². The first kappa shape index (κ1) is 11.9. The van der Waals surface area contributed by atoms with Crippen LogP contribution in [0.2, 0.25) is 5.02 Å². The zero-order valence-corrected chi connectivity index (χ0v) is 10.3. The summed E-state index contributed by atoms with van der Waals surface area (Å²) in [6.07, 6.45) is 1.22. The summed E-state index contributed by atoms with van der Waals surface area (Å²) in [7, 11) is 0. The Morgan fingerprint density at radius 2 is 1.89 bits per heavy atom. The van der Waals surface area contributed by atoms with Crippen LogP contribution in [-0.2, 0) is 0 Å². The molecule has 0 unspecified atom stereocenters. The molecule has 19 heavy (non-hydrogen) atoms. The number of anilines is 1. The first-order valence-electron chi connectivity index (χ1n) is 5.44. The van der Waals surface area contributed by atoms with Gasteiger partial charge in [-0.3, -0.25) is 4.40 Å². The Bertz CT molecular complexity index is 763. The molecule has 0 amide bonds. The second-order valence-electron chi connectivity index (χ2n) is 4.08. The van der Waals surface area contributed by atoms with E-state index in [4.69, 9.17) is 17.3 Å². The molecule has 6 heteroatoms. The Balaban J connectivity index is 2.27. The second-order valence-corrected chi connectivity index (χ2v) is 4.52. The van der Waals surface area contributed by atoms with E-state index in [9.17, 15) is 8.78 Å². The number of nitrogens with two attached hydrogens (primary N) is 1. The molecule has 3 aromatic rings. The average Bonchev–Trinajstić information content (AvgIpc) is 2.66. The van der Waals surface area contributed by atoms with E-state index in [1.54, 1.807) is 6.07 Å². The first-order chi connectivity index (χ1) is 9.04. The second kappa shape index (κ2) is 4.20. The summed E-state index contributed by atoms with van der Waals surface area (Å²) < 4.78 is 27.9. The van der Waals surface area contributed by atoms with Crippen molar-refractivity contribution in [2.24, 2.45) is 0 Å². The zero-order chi connectivity index (χ0) is 13.6. The van der Waals surface area contributed by atoms with E-state index < -0.39 is 11.6 Å². The fourth-order valence-corrected chi connectivity index (χ4v) is 2.16. The summed E-state index contributed by atoms with van der Waals surface area (Å²) >= 11 is 5.80. The van der Waals surface area contributed by atoms with Crippen molar-refractivity contribution in [1.82, 2.24) is 9.38 Å². The van der Waals surface area contributed by atoms with Crippen LogP contribution in [0.25, 0.3) is 16.9 Å². The van der Waals surface area contributed by atoms with Gasteiger partial charge in [-0.1, -0.05) is 11.6 Å². The third kappa shape index (κ3) is 2.02. The molecule has 3 rings (SSSR count). The Morgan fingerprint density at radius 3 is 2.63 bits per heavy atom. The van der Waals surface area contributed by atoms with Gasteiger partial charge in [0.1, 0.15) is 28.8 Å². The number of benzene rings is 1. The van der Waals surface area contributed by atoms with E-state index in [1.807, 2.05) is 0 Å². The van der Waals surface area contributed by atoms with Crippen LogP contribution in [0.5, 0.6) is 0 Å². The highest BCUT2D eigenvalue weighted by atomic mass is 35.5. The average molecular weight is 280 g/mol. The highest BCUT2D eigenvalue weighted by Crippen LogP contribution is 2.29. The van der Waals surface area contributed by atoms with Crippen molar-refractivity contribution in [2.75, 3.05) is 5.73 Å². The van der Waals surface area contributed by atoms with Gasteiger partial charge in [0.2, 0.25) is 0 Å². The van der Waals surface area contributed by atoms with Crippen LogP contribution in [0.4, 0.5) is 14.6 Å². The zero-order valence-electron chi connectivity index (χ0n) is 9.57. The predicted octanol–water partition coefficient (Wildman–Crippen LogP) is 3.52. The van der Waals surface area contributed by atoms with Gasteiger partial charge in [0.25, 0.3) is 0 Å². The molecule has 0 atom stereocenters. The maximum Gasteiger partial charge on any atom is 0.140 e. The maximum atomic E-state index is 13.3. The number of fused-ring (bicyclic) bond motifs is 1. The number of halogens is 3. The number of aromatic nitrogens is 2. The topological polar surface area (TPSA) is 43.3 Å². The molecule has 2 aromatic heterocycles. The van der Waals surface area contributed by atoms with Crippen molar-refractivity contribution in [2.45, 2.75) is 0 Å². The van der Waals surface area contributed by atoms with Crippen LogP contribution in [-0.4, -0.2) is 9.38 Å². The molecule has 2 N–H and O–H groups in total. The van der Waals surface area contributed by atoms with Gasteiger partial charge in [-0.15, -0.1) is 0 Å². The SMILES string of the molecule is Nc1c(-c2cc(F)cc(Cl)c2)nc2ccc(F)cn12. The minimum Gasteiger partial charge on any atom is -0.383 e. The van der Waals surface area contributed by atoms with Gasteiger partial charge in [-0.2, -0.15) is 0 Å². The summed E-state index contributed by atoms with van der Waals surface area (Å²) in [5.74, 6) is -0.679. The molecule has 2 heterocycles. The predicted molar refractivity (Wildman–Crippen MR) is 70.0 cm³/mol. The van der Waals surface area contributed by atoms with E-state index in [-0.39, 0.29) is 10.8 Å². The normalized spacial score (nSPS) is 11.1. The number of imidazole rings is 1. The van der Waals surface area contributed by atoms with Crippen LogP contribution >= 0.6 is 11.6 Å². The number of pyridine rings is 1. The molecule has 0 saturated carbocycles. The van der Waals surface area contributed by atoms with Crippen LogP contribution in [0.1, 0.15) is 0 Å². The highest BCUT2D eigenvalue weighted by Gasteiger charge is 2.13. The number of nitrogen functional groups attached to an aromatic ring is 1. The van der Waals surface area contributed by atoms with E-state index in [0.717, 1.165) is 0 Å². The molecule has 3 nitrogen and oxygen atoms in total. The molecule has 0 aliphatic heterocycles. The van der Waals surface area contributed by atoms with Gasteiger partial charge >= 0.3 is 0 Å². The molecule has 0 fully saturated rings. The van der Waals surface area contributed by atoms with Crippen LogP contribution in [0.3, 0.4) is 0 Å². The maximum absolute atomic E-state index is 13.3. The molecular weight excluding hydrogens is 272 g/mol. The van der Waals surface area contributed by atoms with E-state index in [0.29, 0.717) is 16.9 Å². The smallest absolute Gasteiger partial charge is 0.140 e. The molecular formula is C13H8ClF2N3. The molecule has 0 radical (unpaired) electrons. The number of hydrogen-bond acceptors (Lipinski definition) is 2. The van der Waals surface area contributed by atoms with Crippen molar-refractivity contribution in [3.05, 3.63) is 53.2 Å². The van der Waals surface area contributed by atoms with Crippen LogP contribution in [0.15, 0.2) is 36.5 Å². The van der Waals surface area contributed by atoms with Crippen molar-refractivity contribution >= 4 is 23.1 Å². The Kier molecular flexibility index (Phi) is 2.64. The lowest BCUT2D eigenvalue weighted by Crippen LogP contribution is -1.95. The number of hydrogen-bond donors (Lipinski definition) is 1. The molecule has 0 aliphatic carbocycles. The minimum atomic E-state index is -0.481. The van der Waals surface area contributed by atoms with E-state index in [2.05, 4.69) is 4.98 Å². The summed E-state index contributed by atoms with van der Waals surface area (Å²) in [6.45, 7) is 0. The summed E-state index contributed by atoms with van der Waals surface area (Å²) in [5, 5.41) is 0.248. The quantitative estimate of drug-likeness (QED) is 0.741. The van der Waals surface area contributed by atoms with Crippen molar-refractivity contribution in [3.63, 3.8) is 0 Å². The molecule has 0 aliphatic rings. The number of rotatable bonds is 1.